The van der Waals surface area contributed by atoms with E-state index in [9.17, 15) is 10.4 Å². The van der Waals surface area contributed by atoms with E-state index in [1.54, 1.807) is 11.3 Å². The lowest BCUT2D eigenvalue weighted by Crippen LogP contribution is -2.26. The molecule has 0 aliphatic heterocycles. The normalized spacial score (nSPS) is 17.4. The maximum atomic E-state index is 11.0. The molecule has 0 unspecified atom stereocenters. The molecule has 2 aromatic rings. The van der Waals surface area contributed by atoms with Crippen molar-refractivity contribution in [1.82, 2.24) is 0 Å². The third kappa shape index (κ3) is 4.94. The van der Waals surface area contributed by atoms with Gasteiger partial charge in [-0.3, -0.25) is 0 Å². The van der Waals surface area contributed by atoms with Crippen molar-refractivity contribution in [3.63, 3.8) is 0 Å². The van der Waals surface area contributed by atoms with Gasteiger partial charge in [0.25, 0.3) is 0 Å². The molecule has 1 N–H and O–H groups in total. The second-order valence-electron chi connectivity index (χ2n) is 12.3. The summed E-state index contributed by atoms with van der Waals surface area (Å²) in [4.78, 5) is 6.13. The molecule has 3 nitrogen and oxygen atoms in total. The lowest BCUT2D eigenvalue weighted by Gasteiger charge is -2.33. The van der Waals surface area contributed by atoms with Gasteiger partial charge in [-0.15, -0.1) is 11.3 Å². The molecule has 0 bridgehead atoms. The summed E-state index contributed by atoms with van der Waals surface area (Å²) in [6.45, 7) is 19.6. The lowest BCUT2D eigenvalue weighted by molar-refractivity contribution is 0.218. The Morgan fingerprint density at radius 1 is 1.03 bits per heavy atom. The summed E-state index contributed by atoms with van der Waals surface area (Å²) in [6, 6.07) is 6.49. The van der Waals surface area contributed by atoms with Gasteiger partial charge in [-0.05, 0) is 64.7 Å². The van der Waals surface area contributed by atoms with Crippen LogP contribution in [0.5, 0.6) is 5.75 Å². The Kier molecular flexibility index (Phi) is 6.39. The summed E-state index contributed by atoms with van der Waals surface area (Å²) in [7, 11) is 0. The molecule has 1 aliphatic carbocycles. The Morgan fingerprint density at radius 3 is 2.06 bits per heavy atom. The van der Waals surface area contributed by atoms with Crippen molar-refractivity contribution >= 4 is 22.6 Å². The first-order valence-electron chi connectivity index (χ1n) is 11.6. The van der Waals surface area contributed by atoms with Gasteiger partial charge in [0.15, 0.2) is 0 Å². The molecule has 1 aliphatic rings. The maximum Gasteiger partial charge on any atom is 0.134 e. The van der Waals surface area contributed by atoms with Crippen molar-refractivity contribution in [2.75, 3.05) is 0 Å². The highest BCUT2D eigenvalue weighted by Gasteiger charge is 2.32. The topological polar surface area (TPSA) is 56.4 Å². The zero-order valence-electron chi connectivity index (χ0n) is 21.2. The molecule has 1 atom stereocenters. The van der Waals surface area contributed by atoms with Crippen LogP contribution in [0, 0.1) is 22.7 Å². The van der Waals surface area contributed by atoms with Gasteiger partial charge in [-0.2, -0.15) is 5.26 Å². The molecule has 4 heteroatoms. The minimum atomic E-state index is -0.185. The van der Waals surface area contributed by atoms with Crippen LogP contribution < -0.4 is 0 Å². The Balaban J connectivity index is 2.04. The number of fused-ring (bicyclic) bond motifs is 1. The van der Waals surface area contributed by atoms with Crippen molar-refractivity contribution in [3.8, 4) is 11.8 Å². The van der Waals surface area contributed by atoms with Crippen LogP contribution in [0.15, 0.2) is 17.1 Å². The van der Waals surface area contributed by atoms with Crippen molar-refractivity contribution in [2.24, 2.45) is 16.3 Å². The second-order valence-corrected chi connectivity index (χ2v) is 13.4. The largest absolute Gasteiger partial charge is 0.507 e. The third-order valence-electron chi connectivity index (χ3n) is 6.66. The van der Waals surface area contributed by atoms with E-state index in [0.29, 0.717) is 11.7 Å². The predicted octanol–water partition coefficient (Wildman–Crippen LogP) is 7.82. The molecule has 3 rings (SSSR count). The molecule has 1 aromatic carbocycles. The number of nitrogens with zero attached hydrogens (tertiary/aromatic N) is 2. The van der Waals surface area contributed by atoms with Crippen LogP contribution in [0.2, 0.25) is 0 Å². The minimum Gasteiger partial charge on any atom is -0.507 e. The van der Waals surface area contributed by atoms with Crippen molar-refractivity contribution in [1.29, 1.82) is 5.26 Å². The molecule has 0 fully saturated rings. The average Bonchev–Trinajstić information content (AvgIpc) is 3.01. The highest BCUT2D eigenvalue weighted by Crippen LogP contribution is 2.45. The van der Waals surface area contributed by atoms with Crippen LogP contribution in [-0.2, 0) is 23.7 Å². The van der Waals surface area contributed by atoms with Crippen LogP contribution >= 0.6 is 11.3 Å². The van der Waals surface area contributed by atoms with E-state index in [1.807, 2.05) is 18.3 Å². The highest BCUT2D eigenvalue weighted by atomic mass is 32.1. The molecular weight excluding hydrogens is 412 g/mol. The Labute approximate surface area is 198 Å². The number of rotatable bonds is 2. The second kappa shape index (κ2) is 8.34. The molecule has 0 amide bonds. The highest BCUT2D eigenvalue weighted by molar-refractivity contribution is 7.16. The fourth-order valence-corrected chi connectivity index (χ4v) is 5.75. The summed E-state index contributed by atoms with van der Waals surface area (Å²) >= 11 is 1.68. The van der Waals surface area contributed by atoms with Gasteiger partial charge in [-0.1, -0.05) is 62.3 Å². The zero-order chi connectivity index (χ0) is 24.1. The molecule has 0 spiro atoms. The number of benzene rings is 1. The van der Waals surface area contributed by atoms with Gasteiger partial charge in [0.1, 0.15) is 16.8 Å². The van der Waals surface area contributed by atoms with Crippen LogP contribution in [0.1, 0.15) is 101 Å². The minimum absolute atomic E-state index is 0.185. The third-order valence-corrected chi connectivity index (χ3v) is 7.82. The summed E-state index contributed by atoms with van der Waals surface area (Å²) in [5.41, 5.74) is 4.67. The van der Waals surface area contributed by atoms with Gasteiger partial charge >= 0.3 is 0 Å². The van der Waals surface area contributed by atoms with E-state index in [4.69, 9.17) is 4.99 Å². The summed E-state index contributed by atoms with van der Waals surface area (Å²) in [5, 5.41) is 21.7. The zero-order valence-corrected chi connectivity index (χ0v) is 22.0. The molecule has 0 saturated carbocycles. The maximum absolute atomic E-state index is 11.0. The van der Waals surface area contributed by atoms with E-state index in [1.165, 1.54) is 10.4 Å². The van der Waals surface area contributed by atoms with E-state index in [2.05, 4.69) is 68.4 Å². The number of phenols is 1. The molecule has 0 radical (unpaired) electrons. The Morgan fingerprint density at radius 2 is 1.59 bits per heavy atom. The van der Waals surface area contributed by atoms with Crippen molar-refractivity contribution < 1.29 is 5.11 Å². The predicted molar refractivity (Wildman–Crippen MR) is 137 cm³/mol. The smallest absolute Gasteiger partial charge is 0.134 e. The fourth-order valence-electron chi connectivity index (χ4n) is 4.52. The molecule has 172 valence electrons. The summed E-state index contributed by atoms with van der Waals surface area (Å²) in [6.07, 6.45) is 5.00. The number of phenolic OH excluding ortho intramolecular Hbond substituents is 1. The molecule has 1 aromatic heterocycles. The van der Waals surface area contributed by atoms with Crippen LogP contribution in [0.3, 0.4) is 0 Å². The first-order valence-corrected chi connectivity index (χ1v) is 12.4. The summed E-state index contributed by atoms with van der Waals surface area (Å²) in [5.74, 6) is 1.01. The number of aromatic hydroxyl groups is 1. The number of hydrogen-bond acceptors (Lipinski definition) is 4. The monoisotopic (exact) mass is 450 g/mol. The molecule has 1 heterocycles. The molecular formula is C28H38N2OS. The van der Waals surface area contributed by atoms with Gasteiger partial charge in [0.05, 0.1) is 5.56 Å². The van der Waals surface area contributed by atoms with Crippen molar-refractivity contribution in [2.45, 2.75) is 92.4 Å². The van der Waals surface area contributed by atoms with Gasteiger partial charge < -0.3 is 5.11 Å². The van der Waals surface area contributed by atoms with E-state index >= 15 is 0 Å². The van der Waals surface area contributed by atoms with E-state index < -0.39 is 0 Å². The molecule has 0 saturated heterocycles. The standard InChI is InChI=1S/C28H38N2OS/c1-26(2,3)18-10-11-19-20(15-29)25(32-23(19)14-18)30-16-17-12-21(27(4,5)6)24(31)22(13-17)28(7,8)9/h12-13,16,18,31H,10-11,14H2,1-9H3/t18-/m1/s1. The number of thiophene rings is 1. The first-order chi connectivity index (χ1) is 14.6. The van der Waals surface area contributed by atoms with Crippen LogP contribution in [-0.4, -0.2) is 11.3 Å². The number of aliphatic imine (C=N–C) groups is 1. The van der Waals surface area contributed by atoms with Gasteiger partial charge in [-0.25, -0.2) is 4.99 Å². The SMILES string of the molecule is CC(C)(C)c1cc(C=Nc2sc3c(c2C#N)CC[C@@H](C(C)(C)C)C3)cc(C(C)(C)C)c1O. The number of nitriles is 1. The van der Waals surface area contributed by atoms with E-state index in [-0.39, 0.29) is 16.2 Å². The van der Waals surface area contributed by atoms with Crippen LogP contribution in [0.25, 0.3) is 0 Å². The quantitative estimate of drug-likeness (QED) is 0.474. The average molecular weight is 451 g/mol. The lowest BCUT2D eigenvalue weighted by atomic mass is 9.72. The van der Waals surface area contributed by atoms with Gasteiger partial charge in [0.2, 0.25) is 0 Å². The fraction of sp³-hybridized carbons (Fsp3) is 0.571. The van der Waals surface area contributed by atoms with Crippen molar-refractivity contribution in [3.05, 3.63) is 44.8 Å². The Hall–Kier alpha value is -2.12. The molecule has 32 heavy (non-hydrogen) atoms. The number of hydrogen-bond donors (Lipinski definition) is 1. The summed E-state index contributed by atoms with van der Waals surface area (Å²) < 4.78 is 0. The first kappa shape index (κ1) is 24.5. The van der Waals surface area contributed by atoms with Gasteiger partial charge in [0, 0.05) is 22.2 Å². The van der Waals surface area contributed by atoms with Crippen LogP contribution in [0.4, 0.5) is 5.00 Å². The van der Waals surface area contributed by atoms with E-state index in [0.717, 1.165) is 46.5 Å². The Bertz CT molecular complexity index is 1040.